The molecule has 0 bridgehead atoms. The fraction of sp³-hybridized carbons (Fsp3) is 0.304. The van der Waals surface area contributed by atoms with Crippen LogP contribution in [0.5, 0.6) is 11.5 Å². The van der Waals surface area contributed by atoms with E-state index in [-0.39, 0.29) is 12.1 Å². The first-order valence-electron chi connectivity index (χ1n) is 9.73. The quantitative estimate of drug-likeness (QED) is 0.290. The normalized spacial score (nSPS) is 11.3. The summed E-state index contributed by atoms with van der Waals surface area (Å²) in [5, 5.41) is 14.9. The summed E-state index contributed by atoms with van der Waals surface area (Å²) >= 11 is 0. The van der Waals surface area contributed by atoms with Crippen molar-refractivity contribution in [2.24, 2.45) is 0 Å². The predicted octanol–water partition coefficient (Wildman–Crippen LogP) is 5.54. The number of nitro benzene ring substituents is 1. The number of ether oxygens (including phenoxy) is 2. The highest BCUT2D eigenvalue weighted by Crippen LogP contribution is 2.38. The Balaban J connectivity index is 1.89. The number of carbonyl (C=O) groups excluding carboxylic acids is 1. The second kappa shape index (κ2) is 8.59. The fourth-order valence-electron chi connectivity index (χ4n) is 3.13. The van der Waals surface area contributed by atoms with Crippen LogP contribution < -0.4 is 4.74 Å². The van der Waals surface area contributed by atoms with Gasteiger partial charge in [0.15, 0.2) is 5.76 Å². The van der Waals surface area contributed by atoms with Crippen LogP contribution in [-0.4, -0.2) is 21.7 Å². The Bertz CT molecular complexity index is 1110. The molecule has 0 aliphatic heterocycles. The molecule has 0 spiro atoms. The molecule has 0 amide bonds. The topological polar surface area (TPSA) is 105 Å². The van der Waals surface area contributed by atoms with Crippen molar-refractivity contribution in [1.29, 1.82) is 0 Å². The van der Waals surface area contributed by atoms with Crippen LogP contribution in [0.25, 0.3) is 11.3 Å². The third-order valence-corrected chi connectivity index (χ3v) is 4.27. The zero-order valence-electron chi connectivity index (χ0n) is 18.1. The van der Waals surface area contributed by atoms with Gasteiger partial charge in [-0.2, -0.15) is 0 Å². The molecule has 0 saturated carbocycles. The van der Waals surface area contributed by atoms with Gasteiger partial charge in [-0.15, -0.1) is 0 Å². The van der Waals surface area contributed by atoms with Gasteiger partial charge in [-0.1, -0.05) is 11.2 Å². The standard InChI is InChI=1S/C23H24N2O6/c1-14-10-15(2)22(19(11-14)29-18-8-6-17(7-9-18)25(27)28)20-12-16(24-31-20)13-21(26)30-23(3,4)5/h6-12H,13H2,1-5H3. The molecule has 31 heavy (non-hydrogen) atoms. The zero-order chi connectivity index (χ0) is 22.8. The average Bonchev–Trinajstić information content (AvgIpc) is 3.07. The van der Waals surface area contributed by atoms with Crippen molar-refractivity contribution in [2.45, 2.75) is 46.6 Å². The van der Waals surface area contributed by atoms with E-state index in [1.54, 1.807) is 26.8 Å². The van der Waals surface area contributed by atoms with Crippen molar-refractivity contribution >= 4 is 11.7 Å². The molecule has 0 saturated heterocycles. The van der Waals surface area contributed by atoms with E-state index in [9.17, 15) is 14.9 Å². The number of esters is 1. The highest BCUT2D eigenvalue weighted by molar-refractivity contribution is 5.75. The SMILES string of the molecule is Cc1cc(C)c(-c2cc(CC(=O)OC(C)(C)C)no2)c(Oc2ccc([N+](=O)[O-])cc2)c1. The molecule has 8 heteroatoms. The van der Waals surface area contributed by atoms with Crippen LogP contribution in [-0.2, 0) is 16.0 Å². The predicted molar refractivity (Wildman–Crippen MR) is 114 cm³/mol. The molecule has 8 nitrogen and oxygen atoms in total. The lowest BCUT2D eigenvalue weighted by Gasteiger charge is -2.18. The van der Waals surface area contributed by atoms with Gasteiger partial charge >= 0.3 is 5.97 Å². The van der Waals surface area contributed by atoms with Crippen molar-refractivity contribution in [3.63, 3.8) is 0 Å². The molecule has 0 fully saturated rings. The number of non-ortho nitro benzene ring substituents is 1. The van der Waals surface area contributed by atoms with Crippen LogP contribution in [0, 0.1) is 24.0 Å². The first-order valence-corrected chi connectivity index (χ1v) is 9.73. The highest BCUT2D eigenvalue weighted by Gasteiger charge is 2.21. The summed E-state index contributed by atoms with van der Waals surface area (Å²) in [4.78, 5) is 22.5. The molecule has 0 N–H and O–H groups in total. The maximum atomic E-state index is 12.1. The number of aromatic nitrogens is 1. The van der Waals surface area contributed by atoms with Crippen LogP contribution in [0.2, 0.25) is 0 Å². The smallest absolute Gasteiger partial charge is 0.312 e. The summed E-state index contributed by atoms with van der Waals surface area (Å²) in [6, 6.07) is 11.3. The number of benzene rings is 2. The Labute approximate surface area is 179 Å². The number of carbonyl (C=O) groups is 1. The van der Waals surface area contributed by atoms with Gasteiger partial charge in [-0.3, -0.25) is 14.9 Å². The van der Waals surface area contributed by atoms with Gasteiger partial charge in [-0.25, -0.2) is 0 Å². The molecule has 1 aromatic heterocycles. The van der Waals surface area contributed by atoms with Crippen LogP contribution in [0.3, 0.4) is 0 Å². The minimum absolute atomic E-state index is 0.00970. The van der Waals surface area contributed by atoms with Gasteiger partial charge in [0.2, 0.25) is 0 Å². The van der Waals surface area contributed by atoms with E-state index in [0.29, 0.717) is 28.5 Å². The second-order valence-corrected chi connectivity index (χ2v) is 8.25. The Morgan fingerprint density at radius 3 is 2.42 bits per heavy atom. The first-order chi connectivity index (χ1) is 14.5. The van der Waals surface area contributed by atoms with E-state index >= 15 is 0 Å². The third-order valence-electron chi connectivity index (χ3n) is 4.27. The van der Waals surface area contributed by atoms with Crippen LogP contribution >= 0.6 is 0 Å². The third kappa shape index (κ3) is 5.69. The summed E-state index contributed by atoms with van der Waals surface area (Å²) in [6.07, 6.45) is -0.00970. The first kappa shape index (κ1) is 22.0. The number of hydrogen-bond acceptors (Lipinski definition) is 7. The Morgan fingerprint density at radius 2 is 1.81 bits per heavy atom. The number of aryl methyl sites for hydroxylation is 2. The maximum absolute atomic E-state index is 12.1. The van der Waals surface area contributed by atoms with Gasteiger partial charge in [0, 0.05) is 18.2 Å². The molecule has 3 aromatic rings. The molecule has 1 heterocycles. The van der Waals surface area contributed by atoms with E-state index in [4.69, 9.17) is 14.0 Å². The molecule has 162 valence electrons. The lowest BCUT2D eigenvalue weighted by atomic mass is 10.0. The number of nitrogens with zero attached hydrogens (tertiary/aromatic N) is 2. The molecule has 0 unspecified atom stereocenters. The number of rotatable bonds is 6. The molecular formula is C23H24N2O6. The summed E-state index contributed by atoms with van der Waals surface area (Å²) in [5.74, 6) is 1.03. The van der Waals surface area contributed by atoms with Crippen LogP contribution in [0.15, 0.2) is 47.0 Å². The van der Waals surface area contributed by atoms with Crippen molar-refractivity contribution < 1.29 is 23.7 Å². The van der Waals surface area contributed by atoms with Crippen LogP contribution in [0.1, 0.15) is 37.6 Å². The van der Waals surface area contributed by atoms with Gasteiger partial charge in [0.1, 0.15) is 17.1 Å². The highest BCUT2D eigenvalue weighted by atomic mass is 16.6. The van der Waals surface area contributed by atoms with Crippen molar-refractivity contribution in [3.05, 3.63) is 69.4 Å². The monoisotopic (exact) mass is 424 g/mol. The number of nitro groups is 1. The van der Waals surface area contributed by atoms with Gasteiger partial charge in [-0.05, 0) is 63.9 Å². The van der Waals surface area contributed by atoms with Crippen molar-refractivity contribution in [1.82, 2.24) is 5.16 Å². The molecule has 0 aliphatic rings. The average molecular weight is 424 g/mol. The fourth-order valence-corrected chi connectivity index (χ4v) is 3.13. The maximum Gasteiger partial charge on any atom is 0.312 e. The Morgan fingerprint density at radius 1 is 1.13 bits per heavy atom. The molecule has 0 radical (unpaired) electrons. The largest absolute Gasteiger partial charge is 0.460 e. The van der Waals surface area contributed by atoms with Crippen LogP contribution in [0.4, 0.5) is 5.69 Å². The van der Waals surface area contributed by atoms with Gasteiger partial charge < -0.3 is 14.0 Å². The van der Waals surface area contributed by atoms with Gasteiger partial charge in [0.25, 0.3) is 5.69 Å². The lowest BCUT2D eigenvalue weighted by molar-refractivity contribution is -0.384. The molecule has 0 atom stereocenters. The molecular weight excluding hydrogens is 400 g/mol. The van der Waals surface area contributed by atoms with Gasteiger partial charge in [0.05, 0.1) is 22.6 Å². The summed E-state index contributed by atoms with van der Waals surface area (Å²) in [6.45, 7) is 9.26. The van der Waals surface area contributed by atoms with Crippen molar-refractivity contribution in [2.75, 3.05) is 0 Å². The van der Waals surface area contributed by atoms with E-state index in [0.717, 1.165) is 11.1 Å². The molecule has 2 aromatic carbocycles. The number of hydrogen-bond donors (Lipinski definition) is 0. The van der Waals surface area contributed by atoms with E-state index in [1.807, 2.05) is 26.0 Å². The van der Waals surface area contributed by atoms with Crippen molar-refractivity contribution in [3.8, 4) is 22.8 Å². The Hall–Kier alpha value is -3.68. The minimum Gasteiger partial charge on any atom is -0.460 e. The van der Waals surface area contributed by atoms with E-state index in [1.165, 1.54) is 24.3 Å². The lowest BCUT2D eigenvalue weighted by Crippen LogP contribution is -2.24. The minimum atomic E-state index is -0.580. The zero-order valence-corrected chi connectivity index (χ0v) is 18.1. The summed E-state index contributed by atoms with van der Waals surface area (Å²) < 4.78 is 16.9. The Kier molecular flexibility index (Phi) is 6.10. The molecule has 0 aliphatic carbocycles. The molecule has 3 rings (SSSR count). The summed E-state index contributed by atoms with van der Waals surface area (Å²) in [7, 11) is 0. The van der Waals surface area contributed by atoms with E-state index in [2.05, 4.69) is 5.16 Å². The van der Waals surface area contributed by atoms with E-state index < -0.39 is 16.5 Å². The second-order valence-electron chi connectivity index (χ2n) is 8.25. The summed E-state index contributed by atoms with van der Waals surface area (Å²) in [5.41, 5.74) is 2.42.